The van der Waals surface area contributed by atoms with Gasteiger partial charge in [0.25, 0.3) is 5.91 Å². The van der Waals surface area contributed by atoms with Crippen LogP contribution >= 0.6 is 0 Å². The molecule has 1 aliphatic rings. The summed E-state index contributed by atoms with van der Waals surface area (Å²) in [6, 6.07) is 13.0. The molecule has 0 bridgehead atoms. The predicted octanol–water partition coefficient (Wildman–Crippen LogP) is 2.77. The fourth-order valence-corrected chi connectivity index (χ4v) is 3.24. The minimum atomic E-state index is -1.02. The highest BCUT2D eigenvalue weighted by atomic mass is 16.5. The number of nitrogens with zero attached hydrogens (tertiary/aromatic N) is 1. The maximum Gasteiger partial charge on any atom is 0.305 e. The van der Waals surface area contributed by atoms with Crippen LogP contribution in [0.15, 0.2) is 48.5 Å². The first-order valence-corrected chi connectivity index (χ1v) is 9.05. The van der Waals surface area contributed by atoms with Gasteiger partial charge in [0, 0.05) is 24.2 Å². The normalized spacial score (nSPS) is 14.6. The molecule has 1 fully saturated rings. The average Bonchev–Trinajstić information content (AvgIpc) is 3.13. The number of amides is 2. The summed E-state index contributed by atoms with van der Waals surface area (Å²) in [4.78, 5) is 37.6. The highest BCUT2D eigenvalue weighted by Crippen LogP contribution is 2.24. The van der Waals surface area contributed by atoms with Crippen LogP contribution in [0.2, 0.25) is 0 Å². The van der Waals surface area contributed by atoms with E-state index in [-0.39, 0.29) is 12.3 Å². The van der Waals surface area contributed by atoms with Gasteiger partial charge in [0.15, 0.2) is 0 Å². The van der Waals surface area contributed by atoms with Crippen molar-refractivity contribution in [2.75, 3.05) is 18.6 Å². The van der Waals surface area contributed by atoms with Crippen molar-refractivity contribution >= 4 is 23.5 Å². The second kappa shape index (κ2) is 8.56. The van der Waals surface area contributed by atoms with E-state index in [0.717, 1.165) is 6.42 Å². The van der Waals surface area contributed by atoms with Crippen LogP contribution in [0.1, 0.15) is 41.2 Å². The van der Waals surface area contributed by atoms with E-state index in [1.54, 1.807) is 60.5 Å². The summed E-state index contributed by atoms with van der Waals surface area (Å²) in [5.74, 6) is -0.722. The Hall–Kier alpha value is -3.35. The number of aliphatic carboxylic acids is 1. The van der Waals surface area contributed by atoms with E-state index in [1.807, 2.05) is 0 Å². The lowest BCUT2D eigenvalue weighted by Crippen LogP contribution is -2.30. The molecular formula is C21H22N2O5. The van der Waals surface area contributed by atoms with Gasteiger partial charge in [-0.1, -0.05) is 18.2 Å². The van der Waals surface area contributed by atoms with Crippen molar-refractivity contribution in [2.45, 2.75) is 25.3 Å². The largest absolute Gasteiger partial charge is 0.497 e. The van der Waals surface area contributed by atoms with Crippen LogP contribution in [0, 0.1) is 0 Å². The number of methoxy groups -OCH3 is 1. The first kappa shape index (κ1) is 19.4. The van der Waals surface area contributed by atoms with Gasteiger partial charge in [0.05, 0.1) is 19.6 Å². The first-order valence-electron chi connectivity index (χ1n) is 9.05. The molecule has 2 aromatic carbocycles. The molecule has 2 aromatic rings. The van der Waals surface area contributed by atoms with Crippen LogP contribution in [0.5, 0.6) is 5.75 Å². The first-order chi connectivity index (χ1) is 13.5. The Morgan fingerprint density at radius 1 is 1.21 bits per heavy atom. The van der Waals surface area contributed by atoms with Gasteiger partial charge in [0.1, 0.15) is 5.75 Å². The summed E-state index contributed by atoms with van der Waals surface area (Å²) in [5.41, 5.74) is 1.72. The SMILES string of the molecule is COc1ccc([C@H](CC(=O)O)NC(=O)c2cccc(N3CCCC3=O)c2)cc1. The van der Waals surface area contributed by atoms with Crippen LogP contribution in [-0.2, 0) is 9.59 Å². The third-order valence-electron chi connectivity index (χ3n) is 4.70. The minimum absolute atomic E-state index is 0.0412. The van der Waals surface area contributed by atoms with E-state index in [2.05, 4.69) is 5.32 Å². The minimum Gasteiger partial charge on any atom is -0.497 e. The summed E-state index contributed by atoms with van der Waals surface area (Å²) in [6.07, 6.45) is 1.06. The molecule has 0 aliphatic carbocycles. The van der Waals surface area contributed by atoms with E-state index in [9.17, 15) is 19.5 Å². The fourth-order valence-electron chi connectivity index (χ4n) is 3.24. The predicted molar refractivity (Wildman–Crippen MR) is 103 cm³/mol. The molecule has 1 aliphatic heterocycles. The second-order valence-electron chi connectivity index (χ2n) is 6.60. The van der Waals surface area contributed by atoms with Crippen LogP contribution in [0.3, 0.4) is 0 Å². The van der Waals surface area contributed by atoms with Gasteiger partial charge in [-0.15, -0.1) is 0 Å². The number of carboxylic acids is 1. The zero-order valence-corrected chi connectivity index (χ0v) is 15.6. The summed E-state index contributed by atoms with van der Waals surface area (Å²) >= 11 is 0. The number of anilines is 1. The van der Waals surface area contributed by atoms with Crippen molar-refractivity contribution in [1.29, 1.82) is 0 Å². The lowest BCUT2D eigenvalue weighted by molar-refractivity contribution is -0.137. The van der Waals surface area contributed by atoms with Gasteiger partial charge in [-0.25, -0.2) is 0 Å². The van der Waals surface area contributed by atoms with E-state index < -0.39 is 17.9 Å². The number of hydrogen-bond acceptors (Lipinski definition) is 4. The quantitative estimate of drug-likeness (QED) is 0.768. The summed E-state index contributed by atoms with van der Waals surface area (Å²) in [6.45, 7) is 0.636. The molecule has 0 saturated carbocycles. The number of rotatable bonds is 7. The van der Waals surface area contributed by atoms with Crippen LogP contribution in [-0.4, -0.2) is 36.5 Å². The number of hydrogen-bond donors (Lipinski definition) is 2. The molecule has 7 nitrogen and oxygen atoms in total. The van der Waals surface area contributed by atoms with E-state index in [1.165, 1.54) is 0 Å². The van der Waals surface area contributed by atoms with Crippen molar-refractivity contribution in [3.8, 4) is 5.75 Å². The average molecular weight is 382 g/mol. The van der Waals surface area contributed by atoms with Crippen LogP contribution in [0.25, 0.3) is 0 Å². The Balaban J connectivity index is 1.79. The van der Waals surface area contributed by atoms with Gasteiger partial charge in [-0.3, -0.25) is 14.4 Å². The van der Waals surface area contributed by atoms with Crippen molar-refractivity contribution in [1.82, 2.24) is 5.32 Å². The topological polar surface area (TPSA) is 95.9 Å². The van der Waals surface area contributed by atoms with E-state index in [4.69, 9.17) is 4.74 Å². The Bertz CT molecular complexity index is 879. The number of nitrogens with one attached hydrogen (secondary N) is 1. The fraction of sp³-hybridized carbons (Fsp3) is 0.286. The zero-order valence-electron chi connectivity index (χ0n) is 15.6. The molecule has 28 heavy (non-hydrogen) atoms. The monoisotopic (exact) mass is 382 g/mol. The molecule has 0 radical (unpaired) electrons. The number of benzene rings is 2. The standard InChI is InChI=1S/C21H22N2O5/c1-28-17-9-7-14(8-10-17)18(13-20(25)26)22-21(27)15-4-2-5-16(12-15)23-11-3-6-19(23)24/h2,4-5,7-10,12,18H,3,6,11,13H2,1H3,(H,22,27)(H,25,26)/t18-/m0/s1. The van der Waals surface area contributed by atoms with Crippen molar-refractivity contribution in [2.24, 2.45) is 0 Å². The number of carbonyl (C=O) groups excluding carboxylic acids is 2. The van der Waals surface area contributed by atoms with E-state index >= 15 is 0 Å². The lowest BCUT2D eigenvalue weighted by atomic mass is 10.0. The molecule has 2 N–H and O–H groups in total. The van der Waals surface area contributed by atoms with Gasteiger partial charge in [-0.05, 0) is 42.3 Å². The van der Waals surface area contributed by atoms with Gasteiger partial charge in [-0.2, -0.15) is 0 Å². The van der Waals surface area contributed by atoms with E-state index in [0.29, 0.717) is 35.5 Å². The van der Waals surface area contributed by atoms with Crippen LogP contribution in [0.4, 0.5) is 5.69 Å². The van der Waals surface area contributed by atoms with Gasteiger partial charge in [0.2, 0.25) is 5.91 Å². The van der Waals surface area contributed by atoms with Crippen molar-refractivity contribution in [3.63, 3.8) is 0 Å². The van der Waals surface area contributed by atoms with Crippen LogP contribution < -0.4 is 15.0 Å². The molecule has 1 heterocycles. The molecular weight excluding hydrogens is 360 g/mol. The highest BCUT2D eigenvalue weighted by molar-refractivity contribution is 5.99. The number of carboxylic acid groups (broad SMARTS) is 1. The number of carbonyl (C=O) groups is 3. The molecule has 0 aromatic heterocycles. The maximum absolute atomic E-state index is 12.7. The molecule has 7 heteroatoms. The molecule has 1 saturated heterocycles. The maximum atomic E-state index is 12.7. The lowest BCUT2D eigenvalue weighted by Gasteiger charge is -2.19. The molecule has 3 rings (SSSR count). The summed E-state index contributed by atoms with van der Waals surface area (Å²) in [7, 11) is 1.55. The second-order valence-corrected chi connectivity index (χ2v) is 6.60. The summed E-state index contributed by atoms with van der Waals surface area (Å²) in [5, 5.41) is 12.0. The summed E-state index contributed by atoms with van der Waals surface area (Å²) < 4.78 is 5.12. The third kappa shape index (κ3) is 4.49. The molecule has 1 atom stereocenters. The Morgan fingerprint density at radius 2 is 1.96 bits per heavy atom. The van der Waals surface area contributed by atoms with Gasteiger partial charge >= 0.3 is 5.97 Å². The Kier molecular flexibility index (Phi) is 5.93. The van der Waals surface area contributed by atoms with Crippen molar-refractivity contribution in [3.05, 3.63) is 59.7 Å². The third-order valence-corrected chi connectivity index (χ3v) is 4.70. The molecule has 0 spiro atoms. The molecule has 146 valence electrons. The zero-order chi connectivity index (χ0) is 20.1. The highest BCUT2D eigenvalue weighted by Gasteiger charge is 2.23. The molecule has 0 unspecified atom stereocenters. The van der Waals surface area contributed by atoms with Crippen molar-refractivity contribution < 1.29 is 24.2 Å². The molecule has 2 amide bonds. The Morgan fingerprint density at radius 3 is 2.57 bits per heavy atom. The van der Waals surface area contributed by atoms with Gasteiger partial charge < -0.3 is 20.1 Å². The smallest absolute Gasteiger partial charge is 0.305 e. The number of ether oxygens (including phenoxy) is 1. The Labute approximate surface area is 162 Å².